The Morgan fingerprint density at radius 2 is 1.95 bits per heavy atom. The summed E-state index contributed by atoms with van der Waals surface area (Å²) in [7, 11) is 0. The highest BCUT2D eigenvalue weighted by atomic mass is 16.5. The van der Waals surface area contributed by atoms with Crippen LogP contribution in [-0.4, -0.2) is 65.6 Å². The molecule has 8 nitrogen and oxygen atoms in total. The number of hydrogen-bond acceptors (Lipinski definition) is 8. The summed E-state index contributed by atoms with van der Waals surface area (Å²) in [5.41, 5.74) is 0. The highest BCUT2D eigenvalue weighted by Crippen LogP contribution is 2.15. The average Bonchev–Trinajstić information content (AvgIpc) is 2.48. The SMILES string of the molecule is CCNc1nc(NC(C)CCO)nc(N2CCOCC2)n1. The van der Waals surface area contributed by atoms with E-state index in [-0.39, 0.29) is 12.6 Å². The highest BCUT2D eigenvalue weighted by Gasteiger charge is 2.17. The molecule has 0 aromatic carbocycles. The molecule has 1 atom stereocenters. The van der Waals surface area contributed by atoms with Crippen molar-refractivity contribution in [1.29, 1.82) is 0 Å². The van der Waals surface area contributed by atoms with Crippen molar-refractivity contribution in [3.05, 3.63) is 0 Å². The van der Waals surface area contributed by atoms with Crippen LogP contribution in [0.15, 0.2) is 0 Å². The zero-order valence-corrected chi connectivity index (χ0v) is 12.7. The van der Waals surface area contributed by atoms with Crippen molar-refractivity contribution in [2.45, 2.75) is 26.3 Å². The Morgan fingerprint density at radius 1 is 1.24 bits per heavy atom. The zero-order valence-electron chi connectivity index (χ0n) is 12.7. The molecule has 2 heterocycles. The topological polar surface area (TPSA) is 95.4 Å². The second kappa shape index (κ2) is 7.94. The fourth-order valence-electron chi connectivity index (χ4n) is 2.06. The molecule has 3 N–H and O–H groups in total. The largest absolute Gasteiger partial charge is 0.396 e. The van der Waals surface area contributed by atoms with E-state index in [0.29, 0.717) is 37.5 Å². The molecule has 0 saturated carbocycles. The van der Waals surface area contributed by atoms with E-state index in [2.05, 4.69) is 30.5 Å². The molecular formula is C13H24N6O2. The molecule has 1 aromatic rings. The Bertz CT molecular complexity index is 439. The third kappa shape index (κ3) is 4.68. The molecule has 21 heavy (non-hydrogen) atoms. The van der Waals surface area contributed by atoms with Gasteiger partial charge in [0.05, 0.1) is 13.2 Å². The maximum Gasteiger partial charge on any atom is 0.232 e. The number of aromatic nitrogens is 3. The summed E-state index contributed by atoms with van der Waals surface area (Å²) >= 11 is 0. The van der Waals surface area contributed by atoms with Crippen LogP contribution >= 0.6 is 0 Å². The van der Waals surface area contributed by atoms with Crippen LogP contribution in [0.5, 0.6) is 0 Å². The van der Waals surface area contributed by atoms with Crippen molar-refractivity contribution in [1.82, 2.24) is 15.0 Å². The van der Waals surface area contributed by atoms with Gasteiger partial charge in [0.15, 0.2) is 0 Å². The normalized spacial score (nSPS) is 16.6. The number of anilines is 3. The van der Waals surface area contributed by atoms with Crippen LogP contribution in [0.2, 0.25) is 0 Å². The van der Waals surface area contributed by atoms with Gasteiger partial charge in [-0.1, -0.05) is 0 Å². The molecule has 118 valence electrons. The number of aliphatic hydroxyl groups is 1. The molecule has 1 aliphatic rings. The van der Waals surface area contributed by atoms with E-state index in [4.69, 9.17) is 9.84 Å². The summed E-state index contributed by atoms with van der Waals surface area (Å²) < 4.78 is 5.35. The number of nitrogens with one attached hydrogen (secondary N) is 2. The van der Waals surface area contributed by atoms with E-state index in [1.54, 1.807) is 0 Å². The summed E-state index contributed by atoms with van der Waals surface area (Å²) in [4.78, 5) is 15.4. The van der Waals surface area contributed by atoms with Crippen molar-refractivity contribution in [3.8, 4) is 0 Å². The summed E-state index contributed by atoms with van der Waals surface area (Å²) in [5.74, 6) is 1.75. The van der Waals surface area contributed by atoms with Crippen molar-refractivity contribution in [2.24, 2.45) is 0 Å². The lowest BCUT2D eigenvalue weighted by Crippen LogP contribution is -2.37. The van der Waals surface area contributed by atoms with Crippen LogP contribution in [0.3, 0.4) is 0 Å². The number of ether oxygens (including phenoxy) is 1. The van der Waals surface area contributed by atoms with Gasteiger partial charge in [-0.15, -0.1) is 0 Å². The second-order valence-electron chi connectivity index (χ2n) is 4.97. The minimum Gasteiger partial charge on any atom is -0.396 e. The molecular weight excluding hydrogens is 272 g/mol. The van der Waals surface area contributed by atoms with Gasteiger partial charge in [0.1, 0.15) is 0 Å². The van der Waals surface area contributed by atoms with Crippen LogP contribution in [0.4, 0.5) is 17.8 Å². The summed E-state index contributed by atoms with van der Waals surface area (Å²) in [5, 5.41) is 15.3. The van der Waals surface area contributed by atoms with Gasteiger partial charge in [-0.3, -0.25) is 0 Å². The molecule has 0 radical (unpaired) electrons. The molecule has 2 rings (SSSR count). The van der Waals surface area contributed by atoms with Gasteiger partial charge in [-0.25, -0.2) is 0 Å². The lowest BCUT2D eigenvalue weighted by Gasteiger charge is -2.27. The Balaban J connectivity index is 2.16. The molecule has 1 unspecified atom stereocenters. The van der Waals surface area contributed by atoms with Gasteiger partial charge in [0.2, 0.25) is 17.8 Å². The van der Waals surface area contributed by atoms with Crippen LogP contribution in [0.1, 0.15) is 20.3 Å². The molecule has 0 aliphatic carbocycles. The Labute approximate surface area is 125 Å². The number of hydrogen-bond donors (Lipinski definition) is 3. The summed E-state index contributed by atoms with van der Waals surface area (Å²) in [6.45, 7) is 7.80. The van der Waals surface area contributed by atoms with Gasteiger partial charge in [0.25, 0.3) is 0 Å². The first-order valence-electron chi connectivity index (χ1n) is 7.43. The molecule has 1 aromatic heterocycles. The van der Waals surface area contributed by atoms with Crippen molar-refractivity contribution in [2.75, 3.05) is 55.0 Å². The lowest BCUT2D eigenvalue weighted by molar-refractivity contribution is 0.122. The number of aliphatic hydroxyl groups excluding tert-OH is 1. The monoisotopic (exact) mass is 296 g/mol. The third-order valence-corrected chi connectivity index (χ3v) is 3.19. The highest BCUT2D eigenvalue weighted by molar-refractivity contribution is 5.44. The van der Waals surface area contributed by atoms with Gasteiger partial charge in [-0.05, 0) is 20.3 Å². The Kier molecular flexibility index (Phi) is 5.94. The second-order valence-corrected chi connectivity index (χ2v) is 4.97. The van der Waals surface area contributed by atoms with Crippen molar-refractivity contribution >= 4 is 17.8 Å². The van der Waals surface area contributed by atoms with Gasteiger partial charge in [-0.2, -0.15) is 15.0 Å². The molecule has 0 spiro atoms. The molecule has 1 fully saturated rings. The molecule has 0 bridgehead atoms. The van der Waals surface area contributed by atoms with Gasteiger partial charge < -0.3 is 25.4 Å². The minimum atomic E-state index is 0.101. The van der Waals surface area contributed by atoms with Crippen LogP contribution in [-0.2, 0) is 4.74 Å². The van der Waals surface area contributed by atoms with E-state index in [0.717, 1.165) is 19.6 Å². The summed E-state index contributed by atoms with van der Waals surface area (Å²) in [6, 6.07) is 0.101. The van der Waals surface area contributed by atoms with Crippen LogP contribution < -0.4 is 15.5 Å². The first kappa shape index (κ1) is 15.7. The smallest absolute Gasteiger partial charge is 0.232 e. The van der Waals surface area contributed by atoms with E-state index in [9.17, 15) is 0 Å². The first-order chi connectivity index (χ1) is 10.2. The lowest BCUT2D eigenvalue weighted by atomic mass is 10.2. The predicted molar refractivity (Wildman–Crippen MR) is 81.8 cm³/mol. The maximum atomic E-state index is 8.98. The van der Waals surface area contributed by atoms with E-state index in [1.165, 1.54) is 0 Å². The fraction of sp³-hybridized carbons (Fsp3) is 0.769. The van der Waals surface area contributed by atoms with Crippen LogP contribution in [0, 0.1) is 0 Å². The molecule has 8 heteroatoms. The third-order valence-electron chi connectivity index (χ3n) is 3.19. The molecule has 0 amide bonds. The van der Waals surface area contributed by atoms with Crippen LogP contribution in [0.25, 0.3) is 0 Å². The average molecular weight is 296 g/mol. The minimum absolute atomic E-state index is 0.101. The number of morpholine rings is 1. The Morgan fingerprint density at radius 3 is 2.62 bits per heavy atom. The van der Waals surface area contributed by atoms with Crippen molar-refractivity contribution in [3.63, 3.8) is 0 Å². The van der Waals surface area contributed by atoms with E-state index >= 15 is 0 Å². The molecule has 1 saturated heterocycles. The maximum absolute atomic E-state index is 8.98. The summed E-state index contributed by atoms with van der Waals surface area (Å²) in [6.07, 6.45) is 0.648. The Hall–Kier alpha value is -1.67. The van der Waals surface area contributed by atoms with E-state index in [1.807, 2.05) is 13.8 Å². The quantitative estimate of drug-likeness (QED) is 0.662. The van der Waals surface area contributed by atoms with Crippen molar-refractivity contribution < 1.29 is 9.84 Å². The van der Waals surface area contributed by atoms with E-state index < -0.39 is 0 Å². The zero-order chi connectivity index (χ0) is 15.1. The number of rotatable bonds is 7. The number of nitrogens with zero attached hydrogens (tertiary/aromatic N) is 4. The predicted octanol–water partition coefficient (Wildman–Crippen LogP) is 0.323. The molecule has 1 aliphatic heterocycles. The first-order valence-corrected chi connectivity index (χ1v) is 7.43. The standard InChI is InChI=1S/C13H24N6O2/c1-3-14-11-16-12(15-10(2)4-7-20)18-13(17-11)19-5-8-21-9-6-19/h10,20H,3-9H2,1-2H3,(H2,14,15,16,17,18). The van der Waals surface area contributed by atoms with Gasteiger partial charge in [0, 0.05) is 32.3 Å². The van der Waals surface area contributed by atoms with Gasteiger partial charge >= 0.3 is 0 Å². The fourth-order valence-corrected chi connectivity index (χ4v) is 2.06.